The van der Waals surface area contributed by atoms with E-state index in [1.54, 1.807) is 23.5 Å². The van der Waals surface area contributed by atoms with E-state index in [-0.39, 0.29) is 11.9 Å². The van der Waals surface area contributed by atoms with E-state index in [1.807, 2.05) is 24.4 Å². The molecule has 0 radical (unpaired) electrons. The summed E-state index contributed by atoms with van der Waals surface area (Å²) >= 11 is 1.62. The van der Waals surface area contributed by atoms with Crippen molar-refractivity contribution in [2.75, 3.05) is 13.1 Å². The zero-order valence-corrected chi connectivity index (χ0v) is 16.1. The van der Waals surface area contributed by atoms with Gasteiger partial charge in [0.2, 0.25) is 5.89 Å². The average molecular weight is 386 g/mol. The molecule has 1 N–H and O–H groups in total. The summed E-state index contributed by atoms with van der Waals surface area (Å²) in [7, 11) is 0. The Morgan fingerprint density at radius 2 is 2.00 bits per heavy atom. The molecule has 3 aromatic rings. The number of halogens is 1. The molecule has 0 aliphatic carbocycles. The zero-order valence-electron chi connectivity index (χ0n) is 15.3. The molecule has 0 spiro atoms. The first-order valence-corrected chi connectivity index (χ1v) is 10.1. The number of rotatable bonds is 5. The maximum absolute atomic E-state index is 13.1. The highest BCUT2D eigenvalue weighted by Crippen LogP contribution is 2.33. The van der Waals surface area contributed by atoms with Crippen LogP contribution in [0.3, 0.4) is 0 Å². The van der Waals surface area contributed by atoms with Gasteiger partial charge in [0.25, 0.3) is 0 Å². The molecule has 0 saturated carbocycles. The maximum Gasteiger partial charge on any atom is 0.226 e. The lowest BCUT2D eigenvalue weighted by Gasteiger charge is -2.33. The molecule has 27 heavy (non-hydrogen) atoms. The van der Waals surface area contributed by atoms with Crippen molar-refractivity contribution in [2.45, 2.75) is 32.4 Å². The molecule has 4 nitrogen and oxygen atoms in total. The van der Waals surface area contributed by atoms with Gasteiger partial charge in [0.15, 0.2) is 0 Å². The largest absolute Gasteiger partial charge is 0.441 e. The van der Waals surface area contributed by atoms with Crippen LogP contribution in [-0.4, -0.2) is 28.1 Å². The van der Waals surface area contributed by atoms with Gasteiger partial charge in [-0.1, -0.05) is 6.07 Å². The van der Waals surface area contributed by atoms with E-state index < -0.39 is 0 Å². The third kappa shape index (κ3) is 4.13. The minimum Gasteiger partial charge on any atom is -0.441 e. The summed E-state index contributed by atoms with van der Waals surface area (Å²) in [5, 5.41) is 12.6. The second-order valence-corrected chi connectivity index (χ2v) is 8.08. The van der Waals surface area contributed by atoms with Crippen LogP contribution < -0.4 is 0 Å². The van der Waals surface area contributed by atoms with Crippen LogP contribution in [0.1, 0.15) is 35.3 Å². The van der Waals surface area contributed by atoms with Gasteiger partial charge < -0.3 is 9.52 Å². The van der Waals surface area contributed by atoms with Crippen molar-refractivity contribution in [1.82, 2.24) is 9.88 Å². The molecule has 4 rings (SSSR count). The van der Waals surface area contributed by atoms with E-state index in [1.165, 1.54) is 12.1 Å². The second kappa shape index (κ2) is 7.92. The highest BCUT2D eigenvalue weighted by atomic mass is 32.1. The van der Waals surface area contributed by atoms with Gasteiger partial charge in [-0.05, 0) is 74.5 Å². The number of thiophene rings is 1. The van der Waals surface area contributed by atoms with Gasteiger partial charge in [0.1, 0.15) is 11.6 Å². The van der Waals surface area contributed by atoms with Gasteiger partial charge in [-0.2, -0.15) is 0 Å². The molecule has 6 heteroatoms. The Morgan fingerprint density at radius 1 is 1.26 bits per heavy atom. The summed E-state index contributed by atoms with van der Waals surface area (Å²) in [5.41, 5.74) is 1.70. The summed E-state index contributed by atoms with van der Waals surface area (Å²) in [4.78, 5) is 8.04. The number of hydrogen-bond donors (Lipinski definition) is 1. The van der Waals surface area contributed by atoms with E-state index in [4.69, 9.17) is 4.42 Å². The van der Waals surface area contributed by atoms with Crippen molar-refractivity contribution in [3.8, 4) is 11.5 Å². The number of aliphatic hydroxyl groups is 1. The summed E-state index contributed by atoms with van der Waals surface area (Å²) in [6, 6.07) is 10.2. The topological polar surface area (TPSA) is 49.5 Å². The lowest BCUT2D eigenvalue weighted by Crippen LogP contribution is -2.35. The highest BCUT2D eigenvalue weighted by molar-refractivity contribution is 7.10. The van der Waals surface area contributed by atoms with Gasteiger partial charge in [-0.15, -0.1) is 11.3 Å². The van der Waals surface area contributed by atoms with Crippen LogP contribution in [-0.2, 0) is 6.54 Å². The van der Waals surface area contributed by atoms with E-state index in [2.05, 4.69) is 9.88 Å². The van der Waals surface area contributed by atoms with Crippen molar-refractivity contribution >= 4 is 11.3 Å². The molecular formula is C21H23FN2O2S. The molecule has 2 aromatic heterocycles. The molecule has 1 aliphatic rings. The smallest absolute Gasteiger partial charge is 0.226 e. The number of aryl methyl sites for hydroxylation is 1. The van der Waals surface area contributed by atoms with Crippen molar-refractivity contribution in [1.29, 1.82) is 0 Å². The third-order valence-electron chi connectivity index (χ3n) is 5.27. The predicted molar refractivity (Wildman–Crippen MR) is 104 cm³/mol. The summed E-state index contributed by atoms with van der Waals surface area (Å²) in [6.07, 6.45) is 1.59. The molecule has 0 amide bonds. The van der Waals surface area contributed by atoms with Crippen LogP contribution in [0.15, 0.2) is 46.2 Å². The van der Waals surface area contributed by atoms with Crippen LogP contribution in [0.5, 0.6) is 0 Å². The Morgan fingerprint density at radius 3 is 2.67 bits per heavy atom. The Hall–Kier alpha value is -2.02. The highest BCUT2D eigenvalue weighted by Gasteiger charge is 2.27. The van der Waals surface area contributed by atoms with E-state index in [0.717, 1.165) is 54.4 Å². The number of benzene rings is 1. The zero-order chi connectivity index (χ0) is 18.8. The summed E-state index contributed by atoms with van der Waals surface area (Å²) < 4.78 is 18.9. The average Bonchev–Trinajstić information content (AvgIpc) is 3.33. The van der Waals surface area contributed by atoms with Crippen LogP contribution in [0, 0.1) is 18.7 Å². The molecule has 1 atom stereocenters. The fraction of sp³-hybridized carbons (Fsp3) is 0.381. The normalized spacial score (nSPS) is 17.3. The summed E-state index contributed by atoms with van der Waals surface area (Å²) in [5.74, 6) is 1.38. The molecule has 3 heterocycles. The van der Waals surface area contributed by atoms with Crippen LogP contribution in [0.2, 0.25) is 0 Å². The van der Waals surface area contributed by atoms with E-state index in [9.17, 15) is 9.50 Å². The van der Waals surface area contributed by atoms with Crippen molar-refractivity contribution in [2.24, 2.45) is 5.92 Å². The number of piperidine rings is 1. The monoisotopic (exact) mass is 386 g/mol. The minimum absolute atomic E-state index is 0.269. The number of nitrogens with zero attached hydrogens (tertiary/aromatic N) is 2. The Labute approximate surface area is 162 Å². The second-order valence-electron chi connectivity index (χ2n) is 7.10. The molecule has 1 aromatic carbocycles. The summed E-state index contributed by atoms with van der Waals surface area (Å²) in [6.45, 7) is 4.53. The molecule has 1 fully saturated rings. The van der Waals surface area contributed by atoms with Crippen molar-refractivity contribution < 1.29 is 13.9 Å². The fourth-order valence-electron chi connectivity index (χ4n) is 3.62. The van der Waals surface area contributed by atoms with E-state index in [0.29, 0.717) is 11.8 Å². The Balaban J connectivity index is 1.37. The van der Waals surface area contributed by atoms with Gasteiger partial charge in [-0.3, -0.25) is 4.90 Å². The molecule has 1 aliphatic heterocycles. The first kappa shape index (κ1) is 18.3. The number of likely N-dealkylation sites (tertiary alicyclic amines) is 1. The molecular weight excluding hydrogens is 363 g/mol. The predicted octanol–water partition coefficient (Wildman–Crippen LogP) is 4.80. The number of oxazole rings is 1. The SMILES string of the molecule is Cc1oc(-c2ccc(F)cc2)nc1CN1CCC(C(O)c2cccs2)CC1. The molecule has 142 valence electrons. The van der Waals surface area contributed by atoms with Gasteiger partial charge in [0.05, 0.1) is 11.8 Å². The first-order chi connectivity index (χ1) is 13.1. The lowest BCUT2D eigenvalue weighted by atomic mass is 9.90. The molecule has 0 bridgehead atoms. The molecule has 1 saturated heterocycles. The Bertz CT molecular complexity index is 868. The Kier molecular flexibility index (Phi) is 5.38. The van der Waals surface area contributed by atoms with E-state index >= 15 is 0 Å². The number of aliphatic hydroxyl groups excluding tert-OH is 1. The molecule has 1 unspecified atom stereocenters. The number of aromatic nitrogens is 1. The third-order valence-corrected chi connectivity index (χ3v) is 6.21. The van der Waals surface area contributed by atoms with Crippen LogP contribution in [0.4, 0.5) is 4.39 Å². The quantitative estimate of drug-likeness (QED) is 0.685. The van der Waals surface area contributed by atoms with Crippen LogP contribution >= 0.6 is 11.3 Å². The van der Waals surface area contributed by atoms with Crippen molar-refractivity contribution in [3.05, 3.63) is 63.9 Å². The number of hydrogen-bond acceptors (Lipinski definition) is 5. The first-order valence-electron chi connectivity index (χ1n) is 9.26. The van der Waals surface area contributed by atoms with Gasteiger partial charge in [0, 0.05) is 17.0 Å². The van der Waals surface area contributed by atoms with Crippen molar-refractivity contribution in [3.63, 3.8) is 0 Å². The van der Waals surface area contributed by atoms with Crippen LogP contribution in [0.25, 0.3) is 11.5 Å². The standard InChI is InChI=1S/C21H23FN2O2S/c1-14-18(23-21(26-14)16-4-6-17(22)7-5-16)13-24-10-8-15(9-11-24)20(25)19-3-2-12-27-19/h2-7,12,15,20,25H,8-11,13H2,1H3. The van der Waals surface area contributed by atoms with Gasteiger partial charge >= 0.3 is 0 Å². The maximum atomic E-state index is 13.1. The fourth-order valence-corrected chi connectivity index (χ4v) is 4.42. The lowest BCUT2D eigenvalue weighted by molar-refractivity contribution is 0.0586. The minimum atomic E-state index is -0.356. The van der Waals surface area contributed by atoms with Gasteiger partial charge in [-0.25, -0.2) is 9.37 Å².